The van der Waals surface area contributed by atoms with Gasteiger partial charge in [-0.2, -0.15) is 0 Å². The largest absolute Gasteiger partial charge is 0.466 e. The number of Topliss-reactive ketones (excluding diaryl/α,β-unsaturated/α-hetero) is 1. The maximum atomic E-state index is 10.1. The van der Waals surface area contributed by atoms with E-state index in [2.05, 4.69) is 11.7 Å². The Morgan fingerprint density at radius 2 is 1.54 bits per heavy atom. The van der Waals surface area contributed by atoms with Gasteiger partial charge >= 0.3 is 5.97 Å². The van der Waals surface area contributed by atoms with Crippen molar-refractivity contribution < 1.29 is 19.8 Å². The summed E-state index contributed by atoms with van der Waals surface area (Å²) >= 11 is 0. The molecule has 0 atom stereocenters. The zero-order valence-electron chi connectivity index (χ0n) is 8.85. The minimum atomic E-state index is -0.182. The third kappa shape index (κ3) is 54.7. The van der Waals surface area contributed by atoms with Gasteiger partial charge in [-0.05, 0) is 20.3 Å². The average molecular weight is 192 g/mol. The average Bonchev–Trinajstić information content (AvgIpc) is 1.86. The van der Waals surface area contributed by atoms with Crippen LogP contribution in [0.4, 0.5) is 0 Å². The number of carbonyl (C=O) groups excluding carboxylic acids is 2. The summed E-state index contributed by atoms with van der Waals surface area (Å²) in [5.41, 5.74) is 0. The van der Waals surface area contributed by atoms with Crippen LogP contribution in [0.3, 0.4) is 0 Å². The number of unbranched alkanes of at least 4 members (excludes halogenated alkanes) is 1. The summed E-state index contributed by atoms with van der Waals surface area (Å²) < 4.78 is 4.64. The molecule has 0 saturated heterocycles. The molecule has 0 spiro atoms. The summed E-state index contributed by atoms with van der Waals surface area (Å²) in [5.74, 6) is -0.0153. The number of ether oxygens (including phenoxy) is 1. The Morgan fingerprint density at radius 1 is 1.15 bits per heavy atom. The van der Waals surface area contributed by atoms with Crippen LogP contribution >= 0.6 is 0 Å². The highest BCUT2D eigenvalue weighted by Gasteiger charge is 1.88. The van der Waals surface area contributed by atoms with E-state index in [4.69, 9.17) is 0 Å². The molecule has 0 aliphatic carbocycles. The molecule has 0 radical (unpaired) electrons. The molecule has 0 aliphatic heterocycles. The lowest BCUT2D eigenvalue weighted by Gasteiger charge is -1.96. The minimum Gasteiger partial charge on any atom is -0.466 e. The highest BCUT2D eigenvalue weighted by Crippen LogP contribution is 1.86. The Morgan fingerprint density at radius 3 is 1.77 bits per heavy atom. The highest BCUT2D eigenvalue weighted by atomic mass is 16.5. The van der Waals surface area contributed by atoms with Gasteiger partial charge in [0.15, 0.2) is 0 Å². The van der Waals surface area contributed by atoms with Gasteiger partial charge < -0.3 is 15.0 Å². The van der Waals surface area contributed by atoms with E-state index in [9.17, 15) is 9.59 Å². The molecule has 80 valence electrons. The number of hydrogen-bond acceptors (Lipinski definition) is 3. The van der Waals surface area contributed by atoms with E-state index >= 15 is 0 Å². The number of rotatable bonds is 3. The van der Waals surface area contributed by atoms with E-state index in [-0.39, 0.29) is 17.2 Å². The number of carbonyl (C=O) groups is 2. The summed E-state index contributed by atoms with van der Waals surface area (Å²) in [4.78, 5) is 19.5. The van der Waals surface area contributed by atoms with Crippen molar-refractivity contribution in [3.05, 3.63) is 0 Å². The molecule has 0 unspecified atom stereocenters. The van der Waals surface area contributed by atoms with Gasteiger partial charge in [-0.1, -0.05) is 13.3 Å². The molecule has 0 aromatic carbocycles. The Bertz CT molecular complexity index is 128. The van der Waals surface area contributed by atoms with Gasteiger partial charge in [0.1, 0.15) is 5.78 Å². The molecule has 0 amide bonds. The van der Waals surface area contributed by atoms with Crippen LogP contribution in [-0.2, 0) is 14.3 Å². The van der Waals surface area contributed by atoms with Crippen molar-refractivity contribution in [2.24, 2.45) is 0 Å². The Kier molecular flexibility index (Phi) is 18.9. The molecule has 0 fully saturated rings. The first kappa shape index (κ1) is 18.0. The first-order valence-electron chi connectivity index (χ1n) is 4.11. The van der Waals surface area contributed by atoms with Gasteiger partial charge in [-0.3, -0.25) is 4.79 Å². The second-order valence-electron chi connectivity index (χ2n) is 2.60. The third-order valence-electron chi connectivity index (χ3n) is 0.803. The van der Waals surface area contributed by atoms with Crippen LogP contribution < -0.4 is 0 Å². The summed E-state index contributed by atoms with van der Waals surface area (Å²) in [5, 5.41) is 0. The van der Waals surface area contributed by atoms with Crippen molar-refractivity contribution in [1.82, 2.24) is 0 Å². The SMILES string of the molecule is CC(C)=O.CCCCOC(C)=O.O. The lowest BCUT2D eigenvalue weighted by Crippen LogP contribution is -1.99. The van der Waals surface area contributed by atoms with Crippen molar-refractivity contribution in [3.8, 4) is 0 Å². The third-order valence-corrected chi connectivity index (χ3v) is 0.803. The quantitative estimate of drug-likeness (QED) is 0.496. The molecule has 4 heteroatoms. The van der Waals surface area contributed by atoms with Crippen molar-refractivity contribution in [2.45, 2.75) is 40.5 Å². The molecule has 0 rings (SSSR count). The molecule has 0 aromatic rings. The lowest BCUT2D eigenvalue weighted by molar-refractivity contribution is -0.141. The van der Waals surface area contributed by atoms with E-state index in [0.717, 1.165) is 12.8 Å². The highest BCUT2D eigenvalue weighted by molar-refractivity contribution is 5.72. The second kappa shape index (κ2) is 13.7. The predicted octanol–water partition coefficient (Wildman–Crippen LogP) is 1.12. The predicted molar refractivity (Wildman–Crippen MR) is 51.5 cm³/mol. The molecule has 13 heavy (non-hydrogen) atoms. The van der Waals surface area contributed by atoms with Gasteiger partial charge in [0.25, 0.3) is 0 Å². The topological polar surface area (TPSA) is 74.9 Å². The second-order valence-corrected chi connectivity index (χ2v) is 2.60. The first-order chi connectivity index (χ1) is 5.50. The fourth-order valence-corrected chi connectivity index (χ4v) is 0.360. The van der Waals surface area contributed by atoms with Gasteiger partial charge in [0.2, 0.25) is 0 Å². The van der Waals surface area contributed by atoms with E-state index in [1.807, 2.05) is 0 Å². The molecule has 2 N–H and O–H groups in total. The van der Waals surface area contributed by atoms with E-state index in [1.165, 1.54) is 20.8 Å². The standard InChI is InChI=1S/C6H12O2.C3H6O.H2O/c1-3-4-5-8-6(2)7;1-3(2)4;/h3-5H2,1-2H3;1-2H3;1H2. The van der Waals surface area contributed by atoms with E-state index in [0.29, 0.717) is 6.61 Å². The first-order valence-corrected chi connectivity index (χ1v) is 4.11. The Balaban J connectivity index is -0.000000173. The smallest absolute Gasteiger partial charge is 0.302 e. The fourth-order valence-electron chi connectivity index (χ4n) is 0.360. The van der Waals surface area contributed by atoms with Crippen molar-refractivity contribution >= 4 is 11.8 Å². The zero-order chi connectivity index (χ0) is 9.98. The minimum absolute atomic E-state index is 0. The summed E-state index contributed by atoms with van der Waals surface area (Å²) in [6.07, 6.45) is 2.05. The van der Waals surface area contributed by atoms with Gasteiger partial charge in [0, 0.05) is 6.92 Å². The van der Waals surface area contributed by atoms with Crippen molar-refractivity contribution in [3.63, 3.8) is 0 Å². The Labute approximate surface area is 79.6 Å². The van der Waals surface area contributed by atoms with Crippen LogP contribution in [0.2, 0.25) is 0 Å². The maximum absolute atomic E-state index is 10.1. The van der Waals surface area contributed by atoms with Gasteiger partial charge in [-0.15, -0.1) is 0 Å². The number of esters is 1. The van der Waals surface area contributed by atoms with Crippen molar-refractivity contribution in [1.29, 1.82) is 0 Å². The fraction of sp³-hybridized carbons (Fsp3) is 0.778. The molecule has 4 nitrogen and oxygen atoms in total. The molecule has 0 aliphatic rings. The van der Waals surface area contributed by atoms with Gasteiger partial charge in [-0.25, -0.2) is 0 Å². The molecule has 0 bridgehead atoms. The van der Waals surface area contributed by atoms with Gasteiger partial charge in [0.05, 0.1) is 6.61 Å². The zero-order valence-corrected chi connectivity index (χ0v) is 8.85. The molecule has 0 aromatic heterocycles. The van der Waals surface area contributed by atoms with E-state index < -0.39 is 0 Å². The van der Waals surface area contributed by atoms with Crippen LogP contribution in [-0.4, -0.2) is 23.8 Å². The maximum Gasteiger partial charge on any atom is 0.302 e. The van der Waals surface area contributed by atoms with Crippen LogP contribution in [0.5, 0.6) is 0 Å². The molecular formula is C9H20O4. The number of hydrogen-bond donors (Lipinski definition) is 0. The Hall–Kier alpha value is -0.900. The van der Waals surface area contributed by atoms with Crippen LogP contribution in [0, 0.1) is 0 Å². The van der Waals surface area contributed by atoms with Crippen LogP contribution in [0.25, 0.3) is 0 Å². The van der Waals surface area contributed by atoms with Crippen LogP contribution in [0.1, 0.15) is 40.5 Å². The summed E-state index contributed by atoms with van der Waals surface area (Å²) in [7, 11) is 0. The monoisotopic (exact) mass is 192 g/mol. The normalized spacial score (nSPS) is 7.38. The lowest BCUT2D eigenvalue weighted by atomic mass is 10.4. The molecular weight excluding hydrogens is 172 g/mol. The molecule has 0 saturated carbocycles. The summed E-state index contributed by atoms with van der Waals surface area (Å²) in [6, 6.07) is 0. The van der Waals surface area contributed by atoms with E-state index in [1.54, 1.807) is 0 Å². The number of ketones is 1. The van der Waals surface area contributed by atoms with Crippen LogP contribution in [0.15, 0.2) is 0 Å². The summed E-state index contributed by atoms with van der Waals surface area (Å²) in [6.45, 7) is 7.12. The van der Waals surface area contributed by atoms with Crippen molar-refractivity contribution in [2.75, 3.05) is 6.61 Å². The molecule has 0 heterocycles.